The highest BCUT2D eigenvalue weighted by atomic mass is 35.5. The van der Waals surface area contributed by atoms with Crippen molar-refractivity contribution in [2.75, 3.05) is 7.11 Å². The van der Waals surface area contributed by atoms with Crippen LogP contribution in [-0.2, 0) is 6.18 Å². The Morgan fingerprint density at radius 1 is 1.32 bits per heavy atom. The molecule has 0 aliphatic rings. The molecule has 0 aliphatic carbocycles. The second kappa shape index (κ2) is 5.92. The van der Waals surface area contributed by atoms with E-state index in [0.717, 1.165) is 6.07 Å². The summed E-state index contributed by atoms with van der Waals surface area (Å²) in [4.78, 5) is 15.2. The predicted octanol–water partition coefficient (Wildman–Crippen LogP) is 3.78. The van der Waals surface area contributed by atoms with Gasteiger partial charge in [-0.2, -0.15) is 18.3 Å². The number of benzene rings is 1. The van der Waals surface area contributed by atoms with E-state index in [1.807, 2.05) is 0 Å². The van der Waals surface area contributed by atoms with Crippen LogP contribution < -0.4 is 4.74 Å². The third kappa shape index (κ3) is 2.86. The van der Waals surface area contributed by atoms with Gasteiger partial charge in [0.05, 0.1) is 12.8 Å². The number of fused-ring (bicyclic) bond motifs is 1. The van der Waals surface area contributed by atoms with E-state index >= 15 is 0 Å². The minimum Gasteiger partial charge on any atom is -0.496 e. The molecule has 0 unspecified atom stereocenters. The van der Waals surface area contributed by atoms with E-state index in [0.29, 0.717) is 15.8 Å². The maximum atomic E-state index is 13.4. The van der Waals surface area contributed by atoms with Gasteiger partial charge < -0.3 is 9.84 Å². The van der Waals surface area contributed by atoms with Crippen molar-refractivity contribution in [2.45, 2.75) is 6.18 Å². The molecule has 3 rings (SSSR count). The monoisotopic (exact) mass is 371 g/mol. The molecule has 6 nitrogen and oxygen atoms in total. The molecule has 0 amide bonds. The third-order valence-electron chi connectivity index (χ3n) is 3.41. The summed E-state index contributed by atoms with van der Waals surface area (Å²) < 4.78 is 45.8. The van der Waals surface area contributed by atoms with Crippen LogP contribution in [0, 0.1) is 0 Å². The van der Waals surface area contributed by atoms with Crippen molar-refractivity contribution in [2.24, 2.45) is 0 Å². The Labute approximate surface area is 143 Å². The molecule has 0 fully saturated rings. The number of halogens is 4. The number of ether oxygens (including phenoxy) is 1. The number of carboxylic acid groups (broad SMARTS) is 1. The molecule has 0 spiro atoms. The molecule has 0 aliphatic heterocycles. The van der Waals surface area contributed by atoms with E-state index in [1.165, 1.54) is 13.2 Å². The van der Waals surface area contributed by atoms with Gasteiger partial charge in [0.2, 0.25) is 0 Å². The molecule has 0 saturated carbocycles. The van der Waals surface area contributed by atoms with Gasteiger partial charge in [-0.25, -0.2) is 14.3 Å². The highest BCUT2D eigenvalue weighted by molar-refractivity contribution is 6.36. The Balaban J connectivity index is 2.39. The van der Waals surface area contributed by atoms with E-state index in [-0.39, 0.29) is 5.69 Å². The van der Waals surface area contributed by atoms with Crippen LogP contribution in [0.2, 0.25) is 5.02 Å². The van der Waals surface area contributed by atoms with E-state index in [2.05, 4.69) is 10.1 Å². The highest BCUT2D eigenvalue weighted by Gasteiger charge is 2.37. The first-order valence-electron chi connectivity index (χ1n) is 6.77. The zero-order valence-corrected chi connectivity index (χ0v) is 13.3. The zero-order chi connectivity index (χ0) is 18.4. The minimum absolute atomic E-state index is 0.0731. The van der Waals surface area contributed by atoms with Gasteiger partial charge in [-0.05, 0) is 18.2 Å². The summed E-state index contributed by atoms with van der Waals surface area (Å²) in [6.07, 6.45) is -4.80. The van der Waals surface area contributed by atoms with Crippen LogP contribution in [0.25, 0.3) is 16.9 Å². The van der Waals surface area contributed by atoms with Crippen molar-refractivity contribution in [1.82, 2.24) is 14.6 Å². The SMILES string of the molecule is COc1ccccc1-c1cc(C(F)(F)F)n2nc(C(=O)O)c(Cl)c2n1. The first-order chi connectivity index (χ1) is 11.7. The molecule has 0 saturated heterocycles. The van der Waals surface area contributed by atoms with E-state index in [9.17, 15) is 18.0 Å². The predicted molar refractivity (Wildman–Crippen MR) is 81.9 cm³/mol. The molecule has 0 atom stereocenters. The quantitative estimate of drug-likeness (QED) is 0.758. The summed E-state index contributed by atoms with van der Waals surface area (Å²) in [7, 11) is 1.37. The normalized spacial score (nSPS) is 11.7. The van der Waals surface area contributed by atoms with Gasteiger partial charge >= 0.3 is 12.1 Å². The Morgan fingerprint density at radius 3 is 2.60 bits per heavy atom. The number of rotatable bonds is 3. The van der Waals surface area contributed by atoms with Crippen molar-refractivity contribution >= 4 is 23.2 Å². The average Bonchev–Trinajstić information content (AvgIpc) is 2.90. The van der Waals surface area contributed by atoms with Gasteiger partial charge in [0.25, 0.3) is 0 Å². The molecule has 2 aromatic heterocycles. The summed E-state index contributed by atoms with van der Waals surface area (Å²) in [5.41, 5.74) is -2.09. The Kier molecular flexibility index (Phi) is 4.03. The first-order valence-corrected chi connectivity index (χ1v) is 7.15. The van der Waals surface area contributed by atoms with Crippen LogP contribution in [0.3, 0.4) is 0 Å². The minimum atomic E-state index is -4.80. The summed E-state index contributed by atoms with van der Waals surface area (Å²) >= 11 is 5.88. The number of para-hydroxylation sites is 1. The lowest BCUT2D eigenvalue weighted by Crippen LogP contribution is -2.14. The number of hydrogen-bond acceptors (Lipinski definition) is 4. The number of carboxylic acids is 1. The van der Waals surface area contributed by atoms with Crippen molar-refractivity contribution < 1.29 is 27.8 Å². The summed E-state index contributed by atoms with van der Waals surface area (Å²) in [6.45, 7) is 0. The van der Waals surface area contributed by atoms with Crippen molar-refractivity contribution in [3.8, 4) is 17.0 Å². The smallest absolute Gasteiger partial charge is 0.433 e. The number of hydrogen-bond donors (Lipinski definition) is 1. The third-order valence-corrected chi connectivity index (χ3v) is 3.76. The van der Waals surface area contributed by atoms with Crippen LogP contribution >= 0.6 is 11.6 Å². The number of methoxy groups -OCH3 is 1. The highest BCUT2D eigenvalue weighted by Crippen LogP contribution is 2.36. The van der Waals surface area contributed by atoms with Gasteiger partial charge in [0, 0.05) is 5.56 Å². The number of aromatic carboxylic acids is 1. The zero-order valence-electron chi connectivity index (χ0n) is 12.5. The molecule has 1 N–H and O–H groups in total. The molecule has 0 bridgehead atoms. The van der Waals surface area contributed by atoms with E-state index in [4.69, 9.17) is 21.4 Å². The summed E-state index contributed by atoms with van der Waals surface area (Å²) in [5.74, 6) is -1.25. The fourth-order valence-corrected chi connectivity index (χ4v) is 2.57. The van der Waals surface area contributed by atoms with Gasteiger partial charge in [-0.3, -0.25) is 0 Å². The molecule has 10 heteroatoms. The van der Waals surface area contributed by atoms with Crippen molar-refractivity contribution in [3.05, 3.63) is 46.7 Å². The van der Waals surface area contributed by atoms with Crippen LogP contribution in [0.5, 0.6) is 5.75 Å². The number of aromatic nitrogens is 3. The van der Waals surface area contributed by atoms with Gasteiger partial charge in [0.15, 0.2) is 17.0 Å². The van der Waals surface area contributed by atoms with Gasteiger partial charge in [-0.15, -0.1) is 0 Å². The molecule has 25 heavy (non-hydrogen) atoms. The molecule has 0 radical (unpaired) electrons. The lowest BCUT2D eigenvalue weighted by Gasteiger charge is -2.12. The molecule has 130 valence electrons. The van der Waals surface area contributed by atoms with Crippen molar-refractivity contribution in [3.63, 3.8) is 0 Å². The number of alkyl halides is 3. The maximum absolute atomic E-state index is 13.4. The molecule has 1 aromatic carbocycles. The molecular weight excluding hydrogens is 363 g/mol. The number of carbonyl (C=O) groups is 1. The average molecular weight is 372 g/mol. The largest absolute Gasteiger partial charge is 0.496 e. The topological polar surface area (TPSA) is 76.7 Å². The van der Waals surface area contributed by atoms with Crippen LogP contribution in [-0.4, -0.2) is 32.8 Å². The number of nitrogens with zero attached hydrogens (tertiary/aromatic N) is 3. The second-order valence-electron chi connectivity index (χ2n) is 4.93. The maximum Gasteiger partial charge on any atom is 0.433 e. The van der Waals surface area contributed by atoms with Crippen LogP contribution in [0.4, 0.5) is 13.2 Å². The fourth-order valence-electron chi connectivity index (χ4n) is 2.32. The lowest BCUT2D eigenvalue weighted by molar-refractivity contribution is -0.142. The van der Waals surface area contributed by atoms with Gasteiger partial charge in [0.1, 0.15) is 10.8 Å². The molecule has 3 aromatic rings. The fraction of sp³-hybridized carbons (Fsp3) is 0.133. The first kappa shape index (κ1) is 17.0. The van der Waals surface area contributed by atoms with E-state index in [1.54, 1.807) is 18.2 Å². The van der Waals surface area contributed by atoms with Crippen LogP contribution in [0.15, 0.2) is 30.3 Å². The van der Waals surface area contributed by atoms with Crippen molar-refractivity contribution in [1.29, 1.82) is 0 Å². The van der Waals surface area contributed by atoms with E-state index < -0.39 is 34.2 Å². The Morgan fingerprint density at radius 2 is 2.00 bits per heavy atom. The molecular formula is C15H9ClF3N3O3. The standard InChI is InChI=1S/C15H9ClF3N3O3/c1-25-9-5-3-2-4-7(9)8-6-10(15(17,18)19)22-13(20-8)11(16)12(21-22)14(23)24/h2-6H,1H3,(H,23,24). The second-order valence-corrected chi connectivity index (χ2v) is 5.31. The molecule has 2 heterocycles. The summed E-state index contributed by atoms with van der Waals surface area (Å²) in [6, 6.07) is 7.12. The Hall–Kier alpha value is -2.81. The van der Waals surface area contributed by atoms with Crippen LogP contribution in [0.1, 0.15) is 16.2 Å². The Bertz CT molecular complexity index is 985. The van der Waals surface area contributed by atoms with Gasteiger partial charge in [-0.1, -0.05) is 23.7 Å². The lowest BCUT2D eigenvalue weighted by atomic mass is 10.1. The summed E-state index contributed by atoms with van der Waals surface area (Å²) in [5, 5.41) is 12.0.